The molecule has 0 aromatic heterocycles. The molecule has 2 rings (SSSR count). The molecule has 2 aliphatic heterocycles. The van der Waals surface area contributed by atoms with Crippen molar-refractivity contribution >= 4 is 5.97 Å². The van der Waals surface area contributed by atoms with Gasteiger partial charge in [-0.1, -0.05) is 0 Å². The van der Waals surface area contributed by atoms with Gasteiger partial charge in [0.15, 0.2) is 0 Å². The zero-order chi connectivity index (χ0) is 13.1. The fraction of sp³-hybridized carbons (Fsp3) is 0.889. The Morgan fingerprint density at radius 3 is 2.18 bits per heavy atom. The van der Waals surface area contributed by atoms with Crippen LogP contribution in [0.3, 0.4) is 0 Å². The van der Waals surface area contributed by atoms with Gasteiger partial charge in [-0.15, -0.1) is 0 Å². The van der Waals surface area contributed by atoms with Crippen LogP contribution in [0, 0.1) is 0 Å². The van der Waals surface area contributed by atoms with Gasteiger partial charge in [0.1, 0.15) is 0 Å². The first kappa shape index (κ1) is 14.2. The maximum Gasteiger partial charge on any atom is 0.490 e. The number of rotatable bonds is 2. The van der Waals surface area contributed by atoms with Crippen molar-refractivity contribution in [3.8, 4) is 0 Å². The molecule has 8 heteroatoms. The van der Waals surface area contributed by atoms with E-state index in [-0.39, 0.29) is 5.60 Å². The van der Waals surface area contributed by atoms with Gasteiger partial charge in [0.25, 0.3) is 0 Å². The molecule has 0 unspecified atom stereocenters. The van der Waals surface area contributed by atoms with E-state index in [0.29, 0.717) is 0 Å². The Hall–Kier alpha value is -0.860. The van der Waals surface area contributed by atoms with Crippen molar-refractivity contribution in [2.24, 2.45) is 5.73 Å². The standard InChI is InChI=1S/C7H14N2O.C2HF3O2/c8-2-3-9-5-7(6-9)1-4-10-7;3-2(4,5)1(6)7/h1-6,8H2;(H,6,7). The highest BCUT2D eigenvalue weighted by Crippen LogP contribution is 2.35. The summed E-state index contributed by atoms with van der Waals surface area (Å²) in [6.45, 7) is 5.01. The highest BCUT2D eigenvalue weighted by molar-refractivity contribution is 5.73. The van der Waals surface area contributed by atoms with E-state index in [1.807, 2.05) is 0 Å². The van der Waals surface area contributed by atoms with Crippen molar-refractivity contribution < 1.29 is 27.8 Å². The maximum atomic E-state index is 10.6. The summed E-state index contributed by atoms with van der Waals surface area (Å²) in [7, 11) is 0. The molecule has 0 aromatic carbocycles. The third kappa shape index (κ3) is 3.83. The zero-order valence-electron chi connectivity index (χ0n) is 9.16. The molecule has 0 aliphatic carbocycles. The van der Waals surface area contributed by atoms with Crippen LogP contribution < -0.4 is 5.73 Å². The number of carbonyl (C=O) groups is 1. The molecule has 1 spiro atoms. The van der Waals surface area contributed by atoms with Gasteiger partial charge in [-0.05, 0) is 0 Å². The van der Waals surface area contributed by atoms with Crippen LogP contribution in [-0.2, 0) is 9.53 Å². The number of carboxylic acids is 1. The lowest BCUT2D eigenvalue weighted by Gasteiger charge is -2.55. The number of nitrogens with zero attached hydrogens (tertiary/aromatic N) is 1. The first-order chi connectivity index (χ1) is 7.79. The van der Waals surface area contributed by atoms with Crippen LogP contribution in [-0.4, -0.2) is 60.5 Å². The second-order valence-electron chi connectivity index (χ2n) is 4.08. The first-order valence-electron chi connectivity index (χ1n) is 5.16. The van der Waals surface area contributed by atoms with E-state index in [1.165, 1.54) is 6.42 Å². The number of nitrogens with two attached hydrogens (primary N) is 1. The fourth-order valence-electron chi connectivity index (χ4n) is 1.75. The average molecular weight is 256 g/mol. The van der Waals surface area contributed by atoms with Gasteiger partial charge in [0.2, 0.25) is 0 Å². The van der Waals surface area contributed by atoms with Crippen LogP contribution >= 0.6 is 0 Å². The monoisotopic (exact) mass is 256 g/mol. The van der Waals surface area contributed by atoms with Gasteiger partial charge in [0, 0.05) is 32.6 Å². The van der Waals surface area contributed by atoms with Gasteiger partial charge in [-0.3, -0.25) is 4.90 Å². The van der Waals surface area contributed by atoms with E-state index < -0.39 is 12.1 Å². The predicted molar refractivity (Wildman–Crippen MR) is 52.5 cm³/mol. The molecule has 0 atom stereocenters. The summed E-state index contributed by atoms with van der Waals surface area (Å²) >= 11 is 0. The SMILES string of the molecule is NCCN1CC2(CCO2)C1.O=C(O)C(F)(F)F. The molecule has 3 N–H and O–H groups in total. The third-order valence-electron chi connectivity index (χ3n) is 2.68. The second-order valence-corrected chi connectivity index (χ2v) is 4.08. The Labute approximate surface area is 96.3 Å². The van der Waals surface area contributed by atoms with Crippen LogP contribution in [0.25, 0.3) is 0 Å². The molecule has 100 valence electrons. The van der Waals surface area contributed by atoms with E-state index in [9.17, 15) is 13.2 Å². The number of halogens is 3. The minimum Gasteiger partial charge on any atom is -0.475 e. The molecule has 0 radical (unpaired) electrons. The molecule has 2 fully saturated rings. The quantitative estimate of drug-likeness (QED) is 0.730. The first-order valence-corrected chi connectivity index (χ1v) is 5.16. The summed E-state index contributed by atoms with van der Waals surface area (Å²) in [5, 5.41) is 7.12. The van der Waals surface area contributed by atoms with Crippen molar-refractivity contribution in [1.82, 2.24) is 4.90 Å². The summed E-state index contributed by atoms with van der Waals surface area (Å²) in [6, 6.07) is 0. The van der Waals surface area contributed by atoms with Crippen LogP contribution in [0.1, 0.15) is 6.42 Å². The van der Waals surface area contributed by atoms with E-state index in [2.05, 4.69) is 4.90 Å². The molecular weight excluding hydrogens is 241 g/mol. The molecule has 2 aliphatic rings. The summed E-state index contributed by atoms with van der Waals surface area (Å²) in [5.74, 6) is -2.76. The lowest BCUT2D eigenvalue weighted by Crippen LogP contribution is -2.68. The van der Waals surface area contributed by atoms with E-state index in [4.69, 9.17) is 20.4 Å². The van der Waals surface area contributed by atoms with Crippen molar-refractivity contribution in [1.29, 1.82) is 0 Å². The average Bonchev–Trinajstić information content (AvgIpc) is 2.06. The molecule has 0 amide bonds. The largest absolute Gasteiger partial charge is 0.490 e. The van der Waals surface area contributed by atoms with Crippen molar-refractivity contribution in [3.63, 3.8) is 0 Å². The Morgan fingerprint density at radius 2 is 1.94 bits per heavy atom. The highest BCUT2D eigenvalue weighted by Gasteiger charge is 2.48. The molecule has 0 bridgehead atoms. The number of hydrogen-bond donors (Lipinski definition) is 2. The van der Waals surface area contributed by atoms with Gasteiger partial charge in [-0.2, -0.15) is 13.2 Å². The fourth-order valence-corrected chi connectivity index (χ4v) is 1.75. The number of carboxylic acid groups (broad SMARTS) is 1. The smallest absolute Gasteiger partial charge is 0.475 e. The van der Waals surface area contributed by atoms with Gasteiger partial charge in [-0.25, -0.2) is 4.79 Å². The van der Waals surface area contributed by atoms with Crippen molar-refractivity contribution in [3.05, 3.63) is 0 Å². The number of aliphatic carboxylic acids is 1. The topological polar surface area (TPSA) is 75.8 Å². The highest BCUT2D eigenvalue weighted by atomic mass is 19.4. The molecule has 0 saturated carbocycles. The third-order valence-corrected chi connectivity index (χ3v) is 2.68. The number of ether oxygens (including phenoxy) is 1. The lowest BCUT2D eigenvalue weighted by atomic mass is 9.86. The summed E-state index contributed by atoms with van der Waals surface area (Å²) in [5.41, 5.74) is 5.69. The normalized spacial score (nSPS) is 22.1. The Balaban J connectivity index is 0.000000185. The summed E-state index contributed by atoms with van der Waals surface area (Å²) in [6.07, 6.45) is -3.83. The number of likely N-dealkylation sites (tertiary alicyclic amines) is 1. The maximum absolute atomic E-state index is 10.6. The molecule has 5 nitrogen and oxygen atoms in total. The van der Waals surface area contributed by atoms with Gasteiger partial charge < -0.3 is 15.6 Å². The Kier molecular flexibility index (Phi) is 4.34. The molecule has 0 aromatic rings. The summed E-state index contributed by atoms with van der Waals surface area (Å²) in [4.78, 5) is 11.2. The van der Waals surface area contributed by atoms with E-state index in [1.54, 1.807) is 0 Å². The number of hydrogen-bond acceptors (Lipinski definition) is 4. The minimum absolute atomic E-state index is 0.287. The van der Waals surface area contributed by atoms with Crippen LogP contribution in [0.5, 0.6) is 0 Å². The molecular formula is C9H15F3N2O3. The second kappa shape index (κ2) is 5.19. The predicted octanol–water partition coefficient (Wildman–Crippen LogP) is 0.0531. The van der Waals surface area contributed by atoms with Crippen LogP contribution in [0.4, 0.5) is 13.2 Å². The molecule has 17 heavy (non-hydrogen) atoms. The summed E-state index contributed by atoms with van der Waals surface area (Å²) < 4.78 is 37.2. The number of alkyl halides is 3. The molecule has 2 saturated heterocycles. The van der Waals surface area contributed by atoms with Crippen molar-refractivity contribution in [2.75, 3.05) is 32.8 Å². The van der Waals surface area contributed by atoms with Crippen LogP contribution in [0.15, 0.2) is 0 Å². The van der Waals surface area contributed by atoms with Gasteiger partial charge in [0.05, 0.1) is 12.2 Å². The van der Waals surface area contributed by atoms with Crippen LogP contribution in [0.2, 0.25) is 0 Å². The Morgan fingerprint density at radius 1 is 1.47 bits per heavy atom. The van der Waals surface area contributed by atoms with E-state index >= 15 is 0 Å². The van der Waals surface area contributed by atoms with Crippen molar-refractivity contribution in [2.45, 2.75) is 18.2 Å². The minimum atomic E-state index is -5.08. The zero-order valence-corrected chi connectivity index (χ0v) is 9.16. The van der Waals surface area contributed by atoms with E-state index in [0.717, 1.165) is 32.8 Å². The lowest BCUT2D eigenvalue weighted by molar-refractivity contribution is -0.220. The van der Waals surface area contributed by atoms with Gasteiger partial charge >= 0.3 is 12.1 Å². The Bertz CT molecular complexity index is 271. The molecule has 2 heterocycles.